The molecule has 0 aromatic carbocycles. The number of thiazole rings is 1. The van der Waals surface area contributed by atoms with Gasteiger partial charge in [0.1, 0.15) is 10.8 Å². The highest BCUT2D eigenvalue weighted by atomic mass is 32.1. The summed E-state index contributed by atoms with van der Waals surface area (Å²) in [5, 5.41) is 15.3. The lowest BCUT2D eigenvalue weighted by Crippen LogP contribution is -2.02. The summed E-state index contributed by atoms with van der Waals surface area (Å²) >= 11 is 3.02. The smallest absolute Gasteiger partial charge is 0.241 e. The third-order valence-electron chi connectivity index (χ3n) is 2.99. The molecule has 0 saturated carbocycles. The third-order valence-corrected chi connectivity index (χ3v) is 4.64. The predicted octanol–water partition coefficient (Wildman–Crippen LogP) is 2.40. The Kier molecular flexibility index (Phi) is 2.67. The maximum atomic E-state index is 4.66. The molecule has 4 rings (SSSR count). The number of fused-ring (bicyclic) bond motifs is 3. The lowest BCUT2D eigenvalue weighted by molar-refractivity contribution is 1.01. The van der Waals surface area contributed by atoms with Crippen molar-refractivity contribution < 1.29 is 0 Å². The van der Waals surface area contributed by atoms with Crippen molar-refractivity contribution in [1.29, 1.82) is 0 Å². The standard InChI is InChI=1S/C11H11N7S2/c1-5-14-10(18-20-5)16-11-15-8-6-4-13-17-9(6)12-3-2-7(8)19-11/h4H,2-3H2,1H3,(H2,12,13,17)(H,15,16,18). The zero-order valence-electron chi connectivity index (χ0n) is 10.6. The highest BCUT2D eigenvalue weighted by molar-refractivity contribution is 7.16. The molecule has 4 heterocycles. The van der Waals surface area contributed by atoms with Gasteiger partial charge >= 0.3 is 0 Å². The van der Waals surface area contributed by atoms with Crippen LogP contribution in [0.4, 0.5) is 16.9 Å². The Labute approximate surface area is 122 Å². The van der Waals surface area contributed by atoms with Crippen LogP contribution in [0.25, 0.3) is 11.3 Å². The summed E-state index contributed by atoms with van der Waals surface area (Å²) < 4.78 is 4.23. The van der Waals surface area contributed by atoms with Crippen LogP contribution in [0.5, 0.6) is 0 Å². The lowest BCUT2D eigenvalue weighted by atomic mass is 10.2. The topological polar surface area (TPSA) is 91.4 Å². The van der Waals surface area contributed by atoms with Gasteiger partial charge in [-0.25, -0.2) is 9.97 Å². The molecule has 0 radical (unpaired) electrons. The SMILES string of the molecule is Cc1nc(Nc2nc3c(s2)CCNc2[nH]ncc2-3)ns1. The Morgan fingerprint density at radius 2 is 2.30 bits per heavy atom. The number of H-pyrrole nitrogens is 1. The minimum absolute atomic E-state index is 0.613. The van der Waals surface area contributed by atoms with E-state index in [-0.39, 0.29) is 0 Å². The second-order valence-electron chi connectivity index (χ2n) is 4.39. The molecule has 0 fully saturated rings. The van der Waals surface area contributed by atoms with E-state index in [2.05, 4.69) is 35.2 Å². The van der Waals surface area contributed by atoms with Gasteiger partial charge in [-0.3, -0.25) is 10.4 Å². The molecule has 0 bridgehead atoms. The van der Waals surface area contributed by atoms with Crippen LogP contribution in [0.3, 0.4) is 0 Å². The summed E-state index contributed by atoms with van der Waals surface area (Å²) in [6.45, 7) is 2.81. The highest BCUT2D eigenvalue weighted by Crippen LogP contribution is 2.37. The van der Waals surface area contributed by atoms with E-state index in [0.29, 0.717) is 5.95 Å². The lowest BCUT2D eigenvalue weighted by Gasteiger charge is -1.99. The van der Waals surface area contributed by atoms with Crippen molar-refractivity contribution in [1.82, 2.24) is 24.5 Å². The van der Waals surface area contributed by atoms with Crippen LogP contribution in [0.15, 0.2) is 6.20 Å². The second-order valence-corrected chi connectivity index (χ2v) is 6.43. The minimum Gasteiger partial charge on any atom is -0.370 e. The van der Waals surface area contributed by atoms with E-state index < -0.39 is 0 Å². The van der Waals surface area contributed by atoms with Crippen LogP contribution in [0.2, 0.25) is 0 Å². The first kappa shape index (κ1) is 11.8. The number of nitrogens with zero attached hydrogens (tertiary/aromatic N) is 4. The van der Waals surface area contributed by atoms with Crippen LogP contribution in [-0.2, 0) is 6.42 Å². The fraction of sp³-hybridized carbons (Fsp3) is 0.273. The van der Waals surface area contributed by atoms with Crippen molar-refractivity contribution in [3.63, 3.8) is 0 Å². The first-order valence-corrected chi connectivity index (χ1v) is 7.73. The number of hydrogen-bond acceptors (Lipinski definition) is 8. The summed E-state index contributed by atoms with van der Waals surface area (Å²) in [6, 6.07) is 0. The maximum absolute atomic E-state index is 4.66. The first-order valence-electron chi connectivity index (χ1n) is 6.14. The van der Waals surface area contributed by atoms with E-state index in [9.17, 15) is 0 Å². The number of anilines is 3. The maximum Gasteiger partial charge on any atom is 0.241 e. The predicted molar refractivity (Wildman–Crippen MR) is 79.8 cm³/mol. The molecule has 0 amide bonds. The molecule has 0 unspecified atom stereocenters. The molecule has 102 valence electrons. The fourth-order valence-electron chi connectivity index (χ4n) is 2.13. The largest absolute Gasteiger partial charge is 0.370 e. The minimum atomic E-state index is 0.613. The fourth-order valence-corrected chi connectivity index (χ4v) is 3.53. The number of nitrogens with one attached hydrogen (secondary N) is 3. The van der Waals surface area contributed by atoms with Gasteiger partial charge in [0.25, 0.3) is 0 Å². The van der Waals surface area contributed by atoms with Gasteiger partial charge in [0.05, 0.1) is 17.5 Å². The van der Waals surface area contributed by atoms with Gasteiger partial charge in [-0.2, -0.15) is 9.47 Å². The van der Waals surface area contributed by atoms with E-state index in [1.165, 1.54) is 16.4 Å². The molecule has 1 aliphatic rings. The summed E-state index contributed by atoms with van der Waals surface area (Å²) in [5.74, 6) is 1.55. The molecule has 0 atom stereocenters. The van der Waals surface area contributed by atoms with Gasteiger partial charge in [-0.15, -0.1) is 11.3 Å². The van der Waals surface area contributed by atoms with E-state index in [0.717, 1.165) is 40.2 Å². The molecule has 9 heteroatoms. The van der Waals surface area contributed by atoms with Gasteiger partial charge in [0.15, 0.2) is 5.13 Å². The summed E-state index contributed by atoms with van der Waals surface area (Å²) in [5.41, 5.74) is 2.00. The van der Waals surface area contributed by atoms with E-state index in [4.69, 9.17) is 0 Å². The molecule has 3 N–H and O–H groups in total. The van der Waals surface area contributed by atoms with Crippen molar-refractivity contribution >= 4 is 39.8 Å². The summed E-state index contributed by atoms with van der Waals surface area (Å²) in [4.78, 5) is 10.2. The molecular formula is C11H11N7S2. The van der Waals surface area contributed by atoms with Crippen LogP contribution in [0.1, 0.15) is 9.88 Å². The van der Waals surface area contributed by atoms with Crippen molar-refractivity contribution in [2.45, 2.75) is 13.3 Å². The molecule has 3 aromatic heterocycles. The van der Waals surface area contributed by atoms with Gasteiger partial charge < -0.3 is 5.32 Å². The average Bonchev–Trinajstić information content (AvgIpc) is 3.10. The van der Waals surface area contributed by atoms with E-state index >= 15 is 0 Å². The Hall–Kier alpha value is -2.00. The number of rotatable bonds is 2. The molecule has 3 aromatic rings. The summed E-state index contributed by atoms with van der Waals surface area (Å²) in [7, 11) is 0. The van der Waals surface area contributed by atoms with Crippen LogP contribution in [-0.4, -0.2) is 31.1 Å². The zero-order chi connectivity index (χ0) is 13.5. The number of aromatic nitrogens is 5. The van der Waals surface area contributed by atoms with E-state index in [1.54, 1.807) is 17.5 Å². The van der Waals surface area contributed by atoms with E-state index in [1.807, 2.05) is 6.92 Å². The Morgan fingerprint density at radius 3 is 3.15 bits per heavy atom. The van der Waals surface area contributed by atoms with Gasteiger partial charge in [0, 0.05) is 17.8 Å². The summed E-state index contributed by atoms with van der Waals surface area (Å²) in [6.07, 6.45) is 2.75. The monoisotopic (exact) mass is 305 g/mol. The Balaban J connectivity index is 1.71. The third kappa shape index (κ3) is 1.95. The van der Waals surface area contributed by atoms with Crippen molar-refractivity contribution in [2.75, 3.05) is 17.2 Å². The van der Waals surface area contributed by atoms with Gasteiger partial charge in [-0.1, -0.05) is 0 Å². The molecule has 1 aliphatic heterocycles. The molecule has 0 spiro atoms. The number of aryl methyl sites for hydroxylation is 1. The molecule has 20 heavy (non-hydrogen) atoms. The van der Waals surface area contributed by atoms with Crippen molar-refractivity contribution in [2.24, 2.45) is 0 Å². The normalized spacial score (nSPS) is 13.2. The van der Waals surface area contributed by atoms with Crippen molar-refractivity contribution in [3.05, 3.63) is 16.1 Å². The molecule has 0 saturated heterocycles. The number of aromatic amines is 1. The van der Waals surface area contributed by atoms with Gasteiger partial charge in [-0.05, 0) is 18.5 Å². The molecular weight excluding hydrogens is 294 g/mol. The van der Waals surface area contributed by atoms with Crippen LogP contribution >= 0.6 is 22.9 Å². The first-order chi connectivity index (χ1) is 9.79. The van der Waals surface area contributed by atoms with Crippen LogP contribution < -0.4 is 10.6 Å². The molecule has 0 aliphatic carbocycles. The zero-order valence-corrected chi connectivity index (χ0v) is 12.2. The molecule has 7 nitrogen and oxygen atoms in total. The van der Waals surface area contributed by atoms with Crippen LogP contribution in [0, 0.1) is 6.92 Å². The van der Waals surface area contributed by atoms with Crippen molar-refractivity contribution in [3.8, 4) is 11.3 Å². The second kappa shape index (κ2) is 4.53. The quantitative estimate of drug-likeness (QED) is 0.673. The average molecular weight is 305 g/mol. The number of hydrogen-bond donors (Lipinski definition) is 3. The highest BCUT2D eigenvalue weighted by Gasteiger charge is 2.20. The van der Waals surface area contributed by atoms with Gasteiger partial charge in [0.2, 0.25) is 5.95 Å². The Bertz CT molecular complexity index is 757. The Morgan fingerprint density at radius 1 is 1.35 bits per heavy atom.